The fraction of sp³-hybridized carbons (Fsp3) is 0.273. The number of anilines is 1. The molecular weight excluding hydrogens is 370 g/mol. The number of benzene rings is 2. The number of amides is 2. The first-order valence-corrected chi connectivity index (χ1v) is 10.4. The minimum absolute atomic E-state index is 0.138. The molecular formula is C22H21N3O2S. The summed E-state index contributed by atoms with van der Waals surface area (Å²) in [7, 11) is 1.55. The lowest BCUT2D eigenvalue weighted by Gasteiger charge is -2.27. The monoisotopic (exact) mass is 391 g/mol. The van der Waals surface area contributed by atoms with Crippen LogP contribution in [0.1, 0.15) is 22.8 Å². The highest BCUT2D eigenvalue weighted by Gasteiger charge is 2.39. The molecule has 2 aromatic carbocycles. The largest absolute Gasteiger partial charge is 0.380 e. The van der Waals surface area contributed by atoms with E-state index in [9.17, 15) is 9.59 Å². The first-order chi connectivity index (χ1) is 13.6. The van der Waals surface area contributed by atoms with Crippen LogP contribution in [-0.2, 0) is 17.8 Å². The van der Waals surface area contributed by atoms with Crippen LogP contribution in [0, 0.1) is 0 Å². The number of hydrogen-bond donors (Lipinski definition) is 1. The third-order valence-electron chi connectivity index (χ3n) is 5.73. The summed E-state index contributed by atoms with van der Waals surface area (Å²) in [5.74, 6) is -0.138. The van der Waals surface area contributed by atoms with Crippen LogP contribution in [0.4, 0.5) is 10.5 Å². The molecule has 2 aliphatic rings. The quantitative estimate of drug-likeness (QED) is 0.717. The molecule has 142 valence electrons. The van der Waals surface area contributed by atoms with Crippen molar-refractivity contribution in [2.24, 2.45) is 0 Å². The lowest BCUT2D eigenvalue weighted by atomic mass is 9.98. The summed E-state index contributed by atoms with van der Waals surface area (Å²) in [6.07, 6.45) is 4.26. The molecule has 6 heteroatoms. The summed E-state index contributed by atoms with van der Waals surface area (Å²) in [6, 6.07) is 17.0. The zero-order chi connectivity index (χ0) is 19.3. The standard InChI is InChI=1S/C22H21N3O2S/c1-24-21(26)20(28-22(24)27)17-6-4-8-19-16(17)11-12-25(19)13-15-10-9-14-5-2-3-7-18(14)23-15/h2-8,11-12,15,20,23H,9-10,13H2,1H3. The maximum Gasteiger partial charge on any atom is 0.289 e. The number of carbonyl (C=O) groups is 2. The molecule has 0 saturated carbocycles. The van der Waals surface area contributed by atoms with Gasteiger partial charge in [0.05, 0.1) is 0 Å². The molecule has 1 N–H and O–H groups in total. The van der Waals surface area contributed by atoms with Crippen LogP contribution in [0.15, 0.2) is 54.7 Å². The van der Waals surface area contributed by atoms with Crippen molar-refractivity contribution in [1.82, 2.24) is 9.47 Å². The number of fused-ring (bicyclic) bond motifs is 2. The van der Waals surface area contributed by atoms with Crippen molar-refractivity contribution in [3.05, 3.63) is 65.9 Å². The van der Waals surface area contributed by atoms with Gasteiger partial charge < -0.3 is 9.88 Å². The Morgan fingerprint density at radius 2 is 1.96 bits per heavy atom. The van der Waals surface area contributed by atoms with Crippen LogP contribution in [0.5, 0.6) is 0 Å². The maximum atomic E-state index is 12.5. The van der Waals surface area contributed by atoms with Crippen LogP contribution in [0.3, 0.4) is 0 Å². The molecule has 3 heterocycles. The first kappa shape index (κ1) is 17.4. The molecule has 1 fully saturated rings. The highest BCUT2D eigenvalue weighted by atomic mass is 32.2. The maximum absolute atomic E-state index is 12.5. The fourth-order valence-electron chi connectivity index (χ4n) is 4.20. The van der Waals surface area contributed by atoms with Crippen molar-refractivity contribution in [2.45, 2.75) is 30.7 Å². The zero-order valence-electron chi connectivity index (χ0n) is 15.6. The van der Waals surface area contributed by atoms with Crippen molar-refractivity contribution in [1.29, 1.82) is 0 Å². The predicted molar refractivity (Wildman–Crippen MR) is 113 cm³/mol. The molecule has 0 aliphatic carbocycles. The van der Waals surface area contributed by atoms with Gasteiger partial charge in [-0.2, -0.15) is 0 Å². The number of likely N-dealkylation sites (N-methyl/N-ethyl adjacent to an activating group) is 1. The molecule has 3 aromatic rings. The SMILES string of the molecule is CN1C(=O)SC(c2cccc3c2ccn3CC2CCc3ccccc3N2)C1=O. The molecule has 0 bridgehead atoms. The number of hydrogen-bond acceptors (Lipinski definition) is 4. The van der Waals surface area contributed by atoms with Crippen LogP contribution in [-0.4, -0.2) is 33.7 Å². The molecule has 1 aromatic heterocycles. The first-order valence-electron chi connectivity index (χ1n) is 9.52. The minimum atomic E-state index is -0.447. The zero-order valence-corrected chi connectivity index (χ0v) is 16.4. The molecule has 5 nitrogen and oxygen atoms in total. The molecule has 2 atom stereocenters. The van der Waals surface area contributed by atoms with Gasteiger partial charge in [-0.05, 0) is 53.9 Å². The number of imide groups is 1. The predicted octanol–water partition coefficient (Wildman–Crippen LogP) is 4.43. The Balaban J connectivity index is 1.43. The summed E-state index contributed by atoms with van der Waals surface area (Å²) in [4.78, 5) is 25.6. The van der Waals surface area contributed by atoms with Gasteiger partial charge in [0, 0.05) is 42.4 Å². The molecule has 1 saturated heterocycles. The summed E-state index contributed by atoms with van der Waals surface area (Å²) in [5.41, 5.74) is 4.63. The van der Waals surface area contributed by atoms with E-state index in [1.807, 2.05) is 12.1 Å². The van der Waals surface area contributed by atoms with E-state index in [2.05, 4.69) is 52.5 Å². The van der Waals surface area contributed by atoms with Crippen LogP contribution in [0.2, 0.25) is 0 Å². The summed E-state index contributed by atoms with van der Waals surface area (Å²) in [6.45, 7) is 0.867. The number of carbonyl (C=O) groups excluding carboxylic acids is 2. The van der Waals surface area contributed by atoms with E-state index in [0.717, 1.165) is 47.6 Å². The Hall–Kier alpha value is -2.73. The second kappa shape index (κ2) is 6.71. The van der Waals surface area contributed by atoms with Crippen molar-refractivity contribution < 1.29 is 9.59 Å². The Bertz CT molecular complexity index is 1090. The number of nitrogens with one attached hydrogen (secondary N) is 1. The number of para-hydroxylation sites is 1. The van der Waals surface area contributed by atoms with Gasteiger partial charge in [0.25, 0.3) is 5.24 Å². The van der Waals surface area contributed by atoms with E-state index in [4.69, 9.17) is 0 Å². The number of aryl methyl sites for hydroxylation is 1. The van der Waals surface area contributed by atoms with Crippen LogP contribution in [0.25, 0.3) is 10.9 Å². The molecule has 5 rings (SSSR count). The number of rotatable bonds is 3. The van der Waals surface area contributed by atoms with E-state index in [1.165, 1.54) is 16.2 Å². The Labute approximate surface area is 167 Å². The van der Waals surface area contributed by atoms with Crippen LogP contribution < -0.4 is 5.32 Å². The van der Waals surface area contributed by atoms with E-state index < -0.39 is 5.25 Å². The second-order valence-corrected chi connectivity index (χ2v) is 8.50. The van der Waals surface area contributed by atoms with Gasteiger partial charge in [-0.15, -0.1) is 0 Å². The average Bonchev–Trinajstić information content (AvgIpc) is 3.24. The minimum Gasteiger partial charge on any atom is -0.380 e. The highest BCUT2D eigenvalue weighted by molar-refractivity contribution is 8.15. The molecule has 0 radical (unpaired) electrons. The topological polar surface area (TPSA) is 54.3 Å². The molecule has 28 heavy (non-hydrogen) atoms. The summed E-state index contributed by atoms with van der Waals surface area (Å²) < 4.78 is 2.25. The molecule has 2 unspecified atom stereocenters. The normalized spacial score (nSPS) is 21.8. The van der Waals surface area contributed by atoms with Gasteiger partial charge in [0.2, 0.25) is 5.91 Å². The Morgan fingerprint density at radius 1 is 1.11 bits per heavy atom. The third-order valence-corrected chi connectivity index (χ3v) is 6.90. The molecule has 2 aliphatic heterocycles. The Morgan fingerprint density at radius 3 is 2.79 bits per heavy atom. The number of aromatic nitrogens is 1. The van der Waals surface area contributed by atoms with E-state index in [0.29, 0.717) is 6.04 Å². The van der Waals surface area contributed by atoms with Gasteiger partial charge in [-0.3, -0.25) is 14.5 Å². The van der Waals surface area contributed by atoms with Gasteiger partial charge in [-0.25, -0.2) is 0 Å². The van der Waals surface area contributed by atoms with E-state index >= 15 is 0 Å². The van der Waals surface area contributed by atoms with Gasteiger partial charge >= 0.3 is 0 Å². The van der Waals surface area contributed by atoms with Crippen LogP contribution >= 0.6 is 11.8 Å². The van der Waals surface area contributed by atoms with Crippen molar-refractivity contribution in [3.63, 3.8) is 0 Å². The van der Waals surface area contributed by atoms with Crippen molar-refractivity contribution in [3.8, 4) is 0 Å². The van der Waals surface area contributed by atoms with E-state index in [-0.39, 0.29) is 11.1 Å². The van der Waals surface area contributed by atoms with Gasteiger partial charge in [0.1, 0.15) is 5.25 Å². The van der Waals surface area contributed by atoms with Crippen molar-refractivity contribution in [2.75, 3.05) is 12.4 Å². The lowest BCUT2D eigenvalue weighted by Crippen LogP contribution is -2.29. The summed E-state index contributed by atoms with van der Waals surface area (Å²) in [5, 5.41) is 4.08. The Kier molecular flexibility index (Phi) is 4.16. The highest BCUT2D eigenvalue weighted by Crippen LogP contribution is 2.41. The number of thioether (sulfide) groups is 1. The fourth-order valence-corrected chi connectivity index (χ4v) is 5.24. The van der Waals surface area contributed by atoms with Gasteiger partial charge in [0.15, 0.2) is 0 Å². The number of nitrogens with zero attached hydrogens (tertiary/aromatic N) is 2. The van der Waals surface area contributed by atoms with E-state index in [1.54, 1.807) is 7.05 Å². The molecule has 2 amide bonds. The summed E-state index contributed by atoms with van der Waals surface area (Å²) >= 11 is 1.10. The molecule has 0 spiro atoms. The van der Waals surface area contributed by atoms with Crippen molar-refractivity contribution >= 4 is 39.5 Å². The average molecular weight is 391 g/mol. The van der Waals surface area contributed by atoms with Gasteiger partial charge in [-0.1, -0.05) is 30.3 Å². The smallest absolute Gasteiger partial charge is 0.289 e. The second-order valence-electron chi connectivity index (χ2n) is 7.45. The third kappa shape index (κ3) is 2.79. The lowest BCUT2D eigenvalue weighted by molar-refractivity contribution is -0.125.